The van der Waals surface area contributed by atoms with Crippen molar-refractivity contribution in [1.82, 2.24) is 5.32 Å². The zero-order valence-electron chi connectivity index (χ0n) is 50.1. The van der Waals surface area contributed by atoms with Crippen LogP contribution >= 0.6 is 0 Å². The number of rotatable bonds is 9. The number of hydrogen-bond acceptors (Lipinski definition) is 28. The Balaban J connectivity index is 1.38. The van der Waals surface area contributed by atoms with Crippen molar-refractivity contribution in [2.24, 2.45) is 17.8 Å². The normalized spacial score (nSPS) is 44.7. The van der Waals surface area contributed by atoms with E-state index in [1.54, 1.807) is 86.8 Å². The summed E-state index contributed by atoms with van der Waals surface area (Å²) in [5.74, 6) is -9.14. The van der Waals surface area contributed by atoms with Crippen molar-refractivity contribution >= 4 is 11.9 Å². The SMILES string of the molecule is COC(=O)[C@H]1[C@@H]2C[C@@H](O[C@@H]3O[C@H](C)[C@@H](O)[C@H](NC[C@@]4(O)OC[C@@H](O)[C@@H](O[C@@H]5O[C@H](CO)[C@H](O)[C@H](O)[C@H]5O)[C@@H]4O)[C@@H]3O)C=CC=CC=CC=CC=CC=CC=C[C@H](C)[C@@H](O)[C@@H](C)[C@H](C)OC(=O)C[C@H](O)C[C@H](O)CC[C@@H](O)[C@H](O)C[C@H](O)C[C@](O)(C[C@@H]1O)O2. The molecule has 28 atom stereocenters. The number of carbonyl (C=O) groups is 2. The Bertz CT molecular complexity index is 2340. The van der Waals surface area contributed by atoms with Crippen molar-refractivity contribution in [3.8, 4) is 0 Å². The van der Waals surface area contributed by atoms with Gasteiger partial charge < -0.3 is 130 Å². The highest BCUT2D eigenvalue weighted by atomic mass is 16.7. The Morgan fingerprint density at radius 1 is 0.614 bits per heavy atom. The van der Waals surface area contributed by atoms with Gasteiger partial charge in [0.2, 0.25) is 5.79 Å². The lowest BCUT2D eigenvalue weighted by Crippen LogP contribution is -2.70. The van der Waals surface area contributed by atoms with Crippen LogP contribution in [0.1, 0.15) is 79.1 Å². The fraction of sp³-hybridized carbons (Fsp3) is 0.733. The Morgan fingerprint density at radius 3 is 1.83 bits per heavy atom. The molecule has 0 aromatic carbocycles. The molecule has 5 aliphatic heterocycles. The number of aliphatic hydroxyl groups excluding tert-OH is 15. The predicted octanol–water partition coefficient (Wildman–Crippen LogP) is -3.94. The summed E-state index contributed by atoms with van der Waals surface area (Å²) in [6.07, 6.45) is -14.0. The van der Waals surface area contributed by atoms with Crippen LogP contribution in [0.4, 0.5) is 0 Å². The van der Waals surface area contributed by atoms with E-state index in [0.29, 0.717) is 0 Å². The third-order valence-corrected chi connectivity index (χ3v) is 16.5. The summed E-state index contributed by atoms with van der Waals surface area (Å²) < 4.78 is 45.3. The topological polar surface area (TPSA) is 464 Å². The second kappa shape index (κ2) is 35.3. The quantitative estimate of drug-likeness (QED) is 0.0980. The number of fused-ring (bicyclic) bond motifs is 2. The van der Waals surface area contributed by atoms with Crippen LogP contribution in [0.25, 0.3) is 0 Å². The lowest BCUT2D eigenvalue weighted by atomic mass is 9.82. The van der Waals surface area contributed by atoms with E-state index in [1.165, 1.54) is 19.1 Å². The van der Waals surface area contributed by atoms with Gasteiger partial charge in [-0.15, -0.1) is 0 Å². The molecule has 0 spiro atoms. The number of carbonyl (C=O) groups excluding carboxylic acids is 2. The molecule has 5 heterocycles. The van der Waals surface area contributed by atoms with Gasteiger partial charge in [0, 0.05) is 37.5 Å². The monoisotopic (exact) mass is 1260 g/mol. The maximum absolute atomic E-state index is 13.4. The third-order valence-electron chi connectivity index (χ3n) is 16.5. The van der Waals surface area contributed by atoms with E-state index < -0.39 is 228 Å². The molecule has 18 N–H and O–H groups in total. The fourth-order valence-corrected chi connectivity index (χ4v) is 11.1. The third kappa shape index (κ3) is 21.4. The number of hydrogen-bond donors (Lipinski definition) is 18. The Morgan fingerprint density at radius 2 is 1.22 bits per heavy atom. The van der Waals surface area contributed by atoms with Crippen LogP contribution in [0.2, 0.25) is 0 Å². The van der Waals surface area contributed by atoms with Crippen molar-refractivity contribution in [2.45, 2.75) is 231 Å². The first-order valence-electron chi connectivity index (χ1n) is 29.7. The second-order valence-corrected chi connectivity index (χ2v) is 23.5. The van der Waals surface area contributed by atoms with Crippen molar-refractivity contribution in [1.29, 1.82) is 0 Å². The first-order chi connectivity index (χ1) is 41.5. The van der Waals surface area contributed by atoms with E-state index in [0.717, 1.165) is 7.11 Å². The van der Waals surface area contributed by atoms with Crippen LogP contribution in [-0.2, 0) is 47.5 Å². The van der Waals surface area contributed by atoms with Gasteiger partial charge in [0.1, 0.15) is 60.9 Å². The molecular weight excluding hydrogens is 1170 g/mol. The number of esters is 2. The molecule has 0 radical (unpaired) electrons. The van der Waals surface area contributed by atoms with Crippen LogP contribution in [0, 0.1) is 17.8 Å². The molecule has 2 bridgehead atoms. The van der Waals surface area contributed by atoms with Gasteiger partial charge in [0.25, 0.3) is 0 Å². The molecule has 0 saturated carbocycles. The summed E-state index contributed by atoms with van der Waals surface area (Å²) in [6.45, 7) is 4.26. The Labute approximate surface area is 511 Å². The first-order valence-corrected chi connectivity index (χ1v) is 29.7. The molecule has 28 nitrogen and oxygen atoms in total. The van der Waals surface area contributed by atoms with Crippen molar-refractivity contribution in [3.05, 3.63) is 85.1 Å². The largest absolute Gasteiger partial charge is 0.469 e. The molecule has 4 saturated heterocycles. The van der Waals surface area contributed by atoms with E-state index in [9.17, 15) is 96.4 Å². The van der Waals surface area contributed by atoms with Crippen molar-refractivity contribution in [3.63, 3.8) is 0 Å². The highest BCUT2D eigenvalue weighted by molar-refractivity contribution is 5.74. The first kappa shape index (κ1) is 74.9. The molecule has 28 heteroatoms. The Hall–Kier alpha value is -3.84. The van der Waals surface area contributed by atoms with Gasteiger partial charge in [-0.25, -0.2) is 0 Å². The van der Waals surface area contributed by atoms with Gasteiger partial charge >= 0.3 is 11.9 Å². The smallest absolute Gasteiger partial charge is 0.313 e. The van der Waals surface area contributed by atoms with Gasteiger partial charge in [0.15, 0.2) is 18.4 Å². The van der Waals surface area contributed by atoms with Gasteiger partial charge in [-0.3, -0.25) is 9.59 Å². The minimum Gasteiger partial charge on any atom is -0.469 e. The van der Waals surface area contributed by atoms with E-state index in [-0.39, 0.29) is 25.2 Å². The molecule has 5 rings (SSSR count). The van der Waals surface area contributed by atoms with Gasteiger partial charge in [0.05, 0.1) is 106 Å². The lowest BCUT2D eigenvalue weighted by Gasteiger charge is -2.48. The predicted molar refractivity (Wildman–Crippen MR) is 307 cm³/mol. The number of allylic oxidation sites excluding steroid dienone is 12. The summed E-state index contributed by atoms with van der Waals surface area (Å²) in [7, 11) is 1.06. The molecule has 4 fully saturated rings. The molecular formula is C60H95NO27. The fourth-order valence-electron chi connectivity index (χ4n) is 11.1. The zero-order chi connectivity index (χ0) is 65.2. The molecule has 0 unspecified atom stereocenters. The van der Waals surface area contributed by atoms with Crippen LogP contribution in [0.15, 0.2) is 85.1 Å². The van der Waals surface area contributed by atoms with Crippen LogP contribution in [0.3, 0.4) is 0 Å². The van der Waals surface area contributed by atoms with Crippen LogP contribution < -0.4 is 5.32 Å². The minimum atomic E-state index is -2.67. The van der Waals surface area contributed by atoms with Crippen LogP contribution in [-0.4, -0.2) is 278 Å². The summed E-state index contributed by atoms with van der Waals surface area (Å²) >= 11 is 0. The average Bonchev–Trinajstić information content (AvgIpc) is 1.79. The zero-order valence-corrected chi connectivity index (χ0v) is 50.1. The van der Waals surface area contributed by atoms with Gasteiger partial charge in [-0.05, 0) is 33.1 Å². The number of ether oxygens (including phenoxy) is 8. The molecule has 0 aliphatic carbocycles. The van der Waals surface area contributed by atoms with Gasteiger partial charge in [-0.1, -0.05) is 98.9 Å². The highest BCUT2D eigenvalue weighted by Crippen LogP contribution is 2.39. The number of nitrogens with one attached hydrogen (secondary N) is 1. The maximum Gasteiger partial charge on any atom is 0.313 e. The minimum absolute atomic E-state index is 0.155. The molecule has 5 aliphatic rings. The standard InChI is InChI=1S/C60H95NO27/c1-31-18-16-14-12-10-8-6-7-9-11-13-15-17-19-38(85-57-51(74)47(49(72)34(4)84-57)61-30-60(80)55(77)54(42(69)29-82-60)87-58-53(76)52(75)50(73)44(28-62)86-58)25-43-46(56(78)81-5)41(68)27-59(79,88-43)26-37(65)23-40(67)39(66)21-20-35(63)22-36(64)24-45(70)83-33(3)32(2)48(31)71/h6-19,31-44,46-55,57-58,61-69,71-77,79-80H,20-30H2,1-5H3/t31-,32-,33-,34+,35+,36+,37-,38-,39+,40+,41-,42+,43-,44+,46+,47-,48+,49+,50-,51-,52-,53+,54+,55-,57-,58-,59+,60+/m0/s1. The van der Waals surface area contributed by atoms with E-state index in [2.05, 4.69) is 5.32 Å². The van der Waals surface area contributed by atoms with E-state index >= 15 is 0 Å². The van der Waals surface area contributed by atoms with E-state index in [1.807, 2.05) is 6.92 Å². The second-order valence-electron chi connectivity index (χ2n) is 23.5. The van der Waals surface area contributed by atoms with Crippen molar-refractivity contribution in [2.75, 3.05) is 26.9 Å². The number of aliphatic hydroxyl groups is 17. The molecule has 88 heavy (non-hydrogen) atoms. The number of methoxy groups -OCH3 is 1. The summed E-state index contributed by atoms with van der Waals surface area (Å²) in [5, 5.41) is 189. The lowest BCUT2D eigenvalue weighted by molar-refractivity contribution is -0.368. The van der Waals surface area contributed by atoms with E-state index in [4.69, 9.17) is 37.9 Å². The molecule has 0 aromatic heterocycles. The summed E-state index contributed by atoms with van der Waals surface area (Å²) in [5.41, 5.74) is 0. The van der Waals surface area contributed by atoms with Crippen molar-refractivity contribution < 1.29 is 134 Å². The Kier molecular flexibility index (Phi) is 30.0. The summed E-state index contributed by atoms with van der Waals surface area (Å²) in [4.78, 5) is 26.1. The highest BCUT2D eigenvalue weighted by Gasteiger charge is 2.55. The van der Waals surface area contributed by atoms with Gasteiger partial charge in [-0.2, -0.15) is 0 Å². The molecule has 0 aromatic rings. The average molecular weight is 1260 g/mol. The molecule has 502 valence electrons. The molecule has 0 amide bonds. The number of cyclic esters (lactones) is 1. The van der Waals surface area contributed by atoms with Crippen LogP contribution in [0.5, 0.6) is 0 Å². The summed E-state index contributed by atoms with van der Waals surface area (Å²) in [6, 6.07) is -1.47. The maximum atomic E-state index is 13.4.